The Morgan fingerprint density at radius 3 is 2.36 bits per heavy atom. The molecule has 6 nitrogen and oxygen atoms in total. The number of rotatable bonds is 6. The normalized spacial score (nSPS) is 11.2. The molecule has 25 heavy (non-hydrogen) atoms. The Labute approximate surface area is 150 Å². The van der Waals surface area contributed by atoms with E-state index in [0.717, 1.165) is 6.07 Å². The number of hydrogen-bond donors (Lipinski definition) is 1. The second-order valence-corrected chi connectivity index (χ2v) is 7.18. The maximum Gasteiger partial charge on any atom is 0.387 e. The highest BCUT2D eigenvalue weighted by Gasteiger charge is 2.19. The van der Waals surface area contributed by atoms with Gasteiger partial charge in [-0.15, -0.1) is 0 Å². The fourth-order valence-electron chi connectivity index (χ4n) is 1.86. The predicted molar refractivity (Wildman–Crippen MR) is 89.4 cm³/mol. The number of esters is 1. The van der Waals surface area contributed by atoms with Crippen molar-refractivity contribution in [2.24, 2.45) is 0 Å². The van der Waals surface area contributed by atoms with Crippen LogP contribution in [0.25, 0.3) is 0 Å². The molecular weight excluding hydrogens is 424 g/mol. The third kappa shape index (κ3) is 4.89. The van der Waals surface area contributed by atoms with E-state index in [-0.39, 0.29) is 21.9 Å². The number of hydrogen-bond acceptors (Lipinski definition) is 5. The molecule has 0 aliphatic carbocycles. The highest BCUT2D eigenvalue weighted by molar-refractivity contribution is 9.10. The van der Waals surface area contributed by atoms with E-state index in [1.807, 2.05) is 0 Å². The van der Waals surface area contributed by atoms with Gasteiger partial charge in [-0.05, 0) is 58.4 Å². The summed E-state index contributed by atoms with van der Waals surface area (Å²) >= 11 is 3.14. The van der Waals surface area contributed by atoms with Crippen molar-refractivity contribution in [2.75, 3.05) is 11.8 Å². The zero-order chi connectivity index (χ0) is 18.6. The monoisotopic (exact) mass is 435 g/mol. The van der Waals surface area contributed by atoms with Gasteiger partial charge in [0.1, 0.15) is 5.75 Å². The molecule has 0 atom stereocenters. The van der Waals surface area contributed by atoms with Gasteiger partial charge in [0.15, 0.2) is 0 Å². The summed E-state index contributed by atoms with van der Waals surface area (Å²) in [6.07, 6.45) is 0. The van der Waals surface area contributed by atoms with E-state index < -0.39 is 22.6 Å². The summed E-state index contributed by atoms with van der Waals surface area (Å²) in [5.41, 5.74) is 0.190. The molecule has 2 aromatic carbocycles. The molecule has 134 valence electrons. The highest BCUT2D eigenvalue weighted by atomic mass is 79.9. The number of carbonyl (C=O) groups excluding carboxylic acids is 1. The Morgan fingerprint density at radius 1 is 1.16 bits per heavy atom. The highest BCUT2D eigenvalue weighted by Crippen LogP contribution is 2.24. The average Bonchev–Trinajstić information content (AvgIpc) is 2.55. The molecule has 1 N–H and O–H groups in total. The van der Waals surface area contributed by atoms with Crippen molar-refractivity contribution in [2.45, 2.75) is 11.5 Å². The second-order valence-electron chi connectivity index (χ2n) is 4.64. The van der Waals surface area contributed by atoms with Crippen molar-refractivity contribution in [3.8, 4) is 5.75 Å². The fourth-order valence-corrected chi connectivity index (χ4v) is 3.35. The summed E-state index contributed by atoms with van der Waals surface area (Å²) in [7, 11) is -2.82. The van der Waals surface area contributed by atoms with Gasteiger partial charge in [-0.25, -0.2) is 13.2 Å². The SMILES string of the molecule is COC(=O)c1cc(S(=O)(=O)Nc2ccc(OC(F)F)cc2)ccc1Br. The molecule has 0 fully saturated rings. The van der Waals surface area contributed by atoms with Gasteiger partial charge in [-0.3, -0.25) is 4.72 Å². The van der Waals surface area contributed by atoms with E-state index in [9.17, 15) is 22.0 Å². The first-order chi connectivity index (χ1) is 11.7. The number of ether oxygens (including phenoxy) is 2. The molecule has 0 saturated carbocycles. The first kappa shape index (κ1) is 19.1. The van der Waals surface area contributed by atoms with Gasteiger partial charge in [0.2, 0.25) is 0 Å². The van der Waals surface area contributed by atoms with Crippen molar-refractivity contribution in [1.82, 2.24) is 0 Å². The number of halogens is 3. The number of nitrogens with one attached hydrogen (secondary N) is 1. The van der Waals surface area contributed by atoms with Crippen molar-refractivity contribution in [3.05, 3.63) is 52.5 Å². The number of benzene rings is 2. The second kappa shape index (κ2) is 7.79. The molecule has 2 aromatic rings. The van der Waals surface area contributed by atoms with Gasteiger partial charge in [-0.2, -0.15) is 8.78 Å². The van der Waals surface area contributed by atoms with E-state index in [1.165, 1.54) is 43.5 Å². The molecule has 0 amide bonds. The predicted octanol–water partition coefficient (Wildman–Crippen LogP) is 3.64. The summed E-state index contributed by atoms with van der Waals surface area (Å²) in [6, 6.07) is 8.81. The topological polar surface area (TPSA) is 81.7 Å². The number of methoxy groups -OCH3 is 1. The van der Waals surface area contributed by atoms with Gasteiger partial charge < -0.3 is 9.47 Å². The largest absolute Gasteiger partial charge is 0.465 e. The molecule has 0 spiro atoms. The molecule has 0 aliphatic heterocycles. The van der Waals surface area contributed by atoms with Gasteiger partial charge in [0, 0.05) is 10.2 Å². The summed E-state index contributed by atoms with van der Waals surface area (Å²) in [5, 5.41) is 0. The molecule has 2 rings (SSSR count). The Morgan fingerprint density at radius 2 is 1.80 bits per heavy atom. The van der Waals surface area contributed by atoms with Gasteiger partial charge in [0.25, 0.3) is 10.0 Å². The molecule has 0 radical (unpaired) electrons. The minimum Gasteiger partial charge on any atom is -0.465 e. The third-order valence-corrected chi connectivity index (χ3v) is 5.06. The van der Waals surface area contributed by atoms with Gasteiger partial charge in [0.05, 0.1) is 17.6 Å². The van der Waals surface area contributed by atoms with Crippen molar-refractivity contribution < 1.29 is 31.5 Å². The van der Waals surface area contributed by atoms with Crippen molar-refractivity contribution >= 4 is 37.6 Å². The lowest BCUT2D eigenvalue weighted by Gasteiger charge is -2.11. The quantitative estimate of drug-likeness (QED) is 0.700. The standard InChI is InChI=1S/C15H12BrF2NO5S/c1-23-14(20)12-8-11(6-7-13(12)16)25(21,22)19-9-2-4-10(5-3-9)24-15(17)18/h2-8,15,19H,1H3. The van der Waals surface area contributed by atoms with Crippen LogP contribution in [0.5, 0.6) is 5.75 Å². The molecule has 0 aromatic heterocycles. The third-order valence-electron chi connectivity index (χ3n) is 2.99. The molecule has 10 heteroatoms. The Bertz CT molecular complexity index is 872. The fraction of sp³-hybridized carbons (Fsp3) is 0.133. The molecule has 0 heterocycles. The minimum atomic E-state index is -4.00. The Kier molecular flexibility index (Phi) is 5.96. The lowest BCUT2D eigenvalue weighted by Crippen LogP contribution is -2.14. The first-order valence-electron chi connectivity index (χ1n) is 6.68. The average molecular weight is 436 g/mol. The number of anilines is 1. The number of carbonyl (C=O) groups is 1. The van der Waals surface area contributed by atoms with Crippen LogP contribution in [0.15, 0.2) is 51.8 Å². The Hall–Kier alpha value is -2.20. The van der Waals surface area contributed by atoms with Crippen LogP contribution in [-0.2, 0) is 14.8 Å². The molecule has 0 aliphatic rings. The summed E-state index contributed by atoms with van der Waals surface area (Å²) < 4.78 is 60.5. The first-order valence-corrected chi connectivity index (χ1v) is 8.96. The van der Waals surface area contributed by atoms with Gasteiger partial charge in [-0.1, -0.05) is 0 Å². The summed E-state index contributed by atoms with van der Waals surface area (Å²) in [4.78, 5) is 11.5. The molecule has 0 bridgehead atoms. The van der Waals surface area contributed by atoms with Crippen LogP contribution in [0, 0.1) is 0 Å². The summed E-state index contributed by atoms with van der Waals surface area (Å²) in [6.45, 7) is -2.97. The van der Waals surface area contributed by atoms with Crippen LogP contribution in [0.3, 0.4) is 0 Å². The van der Waals surface area contributed by atoms with Crippen LogP contribution < -0.4 is 9.46 Å². The van der Waals surface area contributed by atoms with E-state index in [4.69, 9.17) is 0 Å². The van der Waals surface area contributed by atoms with E-state index in [0.29, 0.717) is 4.47 Å². The lowest BCUT2D eigenvalue weighted by atomic mass is 10.2. The molecule has 0 saturated heterocycles. The summed E-state index contributed by atoms with van der Waals surface area (Å²) in [5.74, 6) is -0.799. The van der Waals surface area contributed by atoms with Crippen molar-refractivity contribution in [1.29, 1.82) is 0 Å². The van der Waals surface area contributed by atoms with Crippen LogP contribution in [0.4, 0.5) is 14.5 Å². The maximum absolute atomic E-state index is 12.4. The van der Waals surface area contributed by atoms with Crippen LogP contribution in [0.2, 0.25) is 0 Å². The molecule has 0 unspecified atom stereocenters. The van der Waals surface area contributed by atoms with Crippen LogP contribution >= 0.6 is 15.9 Å². The molecular formula is C15H12BrF2NO5S. The van der Waals surface area contributed by atoms with Gasteiger partial charge >= 0.3 is 12.6 Å². The van der Waals surface area contributed by atoms with E-state index in [1.54, 1.807) is 0 Å². The zero-order valence-corrected chi connectivity index (χ0v) is 15.1. The zero-order valence-electron chi connectivity index (χ0n) is 12.7. The van der Waals surface area contributed by atoms with Crippen LogP contribution in [0.1, 0.15) is 10.4 Å². The smallest absolute Gasteiger partial charge is 0.387 e. The lowest BCUT2D eigenvalue weighted by molar-refractivity contribution is -0.0498. The maximum atomic E-state index is 12.4. The number of alkyl halides is 2. The number of sulfonamides is 1. The van der Waals surface area contributed by atoms with Crippen LogP contribution in [-0.4, -0.2) is 28.1 Å². The van der Waals surface area contributed by atoms with Crippen molar-refractivity contribution in [3.63, 3.8) is 0 Å². The van der Waals surface area contributed by atoms with E-state index >= 15 is 0 Å². The van der Waals surface area contributed by atoms with E-state index in [2.05, 4.69) is 30.1 Å². The Balaban J connectivity index is 2.26. The minimum absolute atomic E-state index is 0.0473.